The van der Waals surface area contributed by atoms with Gasteiger partial charge in [0.2, 0.25) is 12.7 Å². The lowest BCUT2D eigenvalue weighted by Crippen LogP contribution is -2.39. The van der Waals surface area contributed by atoms with E-state index in [-0.39, 0.29) is 12.7 Å². The zero-order valence-electron chi connectivity index (χ0n) is 14.8. The van der Waals surface area contributed by atoms with Crippen molar-refractivity contribution in [3.63, 3.8) is 0 Å². The lowest BCUT2D eigenvalue weighted by Gasteiger charge is -2.26. The minimum Gasteiger partial charge on any atom is -0.486 e. The van der Waals surface area contributed by atoms with E-state index in [4.69, 9.17) is 18.9 Å². The quantitative estimate of drug-likeness (QED) is 0.914. The van der Waals surface area contributed by atoms with Gasteiger partial charge in [-0.15, -0.1) is 0 Å². The summed E-state index contributed by atoms with van der Waals surface area (Å²) >= 11 is 0. The van der Waals surface area contributed by atoms with Crippen molar-refractivity contribution in [3.8, 4) is 23.0 Å². The Morgan fingerprint density at radius 1 is 0.923 bits per heavy atom. The number of fused-ring (bicyclic) bond motifs is 2. The Morgan fingerprint density at radius 3 is 2.42 bits per heavy atom. The summed E-state index contributed by atoms with van der Waals surface area (Å²) in [4.78, 5) is 12.8. The Hall–Kier alpha value is -2.89. The molecule has 0 fully saturated rings. The van der Waals surface area contributed by atoms with Crippen LogP contribution in [0.25, 0.3) is 0 Å². The van der Waals surface area contributed by atoms with Crippen LogP contribution in [0.2, 0.25) is 0 Å². The van der Waals surface area contributed by atoms with Crippen LogP contribution in [0, 0.1) is 0 Å². The lowest BCUT2D eigenvalue weighted by atomic mass is 9.83. The largest absolute Gasteiger partial charge is 0.486 e. The fourth-order valence-electron chi connectivity index (χ4n) is 3.02. The topological polar surface area (TPSA) is 66.0 Å². The molecule has 2 aliphatic rings. The number of carbonyl (C=O) groups is 1. The molecule has 2 aromatic carbocycles. The maximum atomic E-state index is 12.8. The Balaban J connectivity index is 1.46. The normalized spacial score (nSPS) is 14.8. The van der Waals surface area contributed by atoms with Crippen LogP contribution in [0.5, 0.6) is 23.0 Å². The van der Waals surface area contributed by atoms with Crippen LogP contribution in [0.4, 0.5) is 0 Å². The smallest absolute Gasteiger partial charge is 0.231 e. The van der Waals surface area contributed by atoms with Crippen molar-refractivity contribution in [2.45, 2.75) is 25.8 Å². The molecule has 0 aliphatic carbocycles. The van der Waals surface area contributed by atoms with Crippen molar-refractivity contribution in [1.82, 2.24) is 5.32 Å². The molecule has 6 nitrogen and oxygen atoms in total. The Labute approximate surface area is 152 Å². The molecule has 2 heterocycles. The highest BCUT2D eigenvalue weighted by Crippen LogP contribution is 2.35. The van der Waals surface area contributed by atoms with Crippen molar-refractivity contribution in [1.29, 1.82) is 0 Å². The van der Waals surface area contributed by atoms with E-state index in [1.54, 1.807) is 0 Å². The van der Waals surface area contributed by atoms with Crippen molar-refractivity contribution in [3.05, 3.63) is 47.5 Å². The van der Waals surface area contributed by atoms with Crippen LogP contribution >= 0.6 is 0 Å². The monoisotopic (exact) mass is 355 g/mol. The average molecular weight is 355 g/mol. The fraction of sp³-hybridized carbons (Fsp3) is 0.350. The Bertz CT molecular complexity index is 846. The minimum atomic E-state index is -0.702. The van der Waals surface area contributed by atoms with Crippen molar-refractivity contribution < 1.29 is 23.7 Å². The summed E-state index contributed by atoms with van der Waals surface area (Å²) in [5.74, 6) is 2.79. The predicted molar refractivity (Wildman–Crippen MR) is 94.9 cm³/mol. The van der Waals surface area contributed by atoms with Gasteiger partial charge in [0, 0.05) is 6.54 Å². The highest BCUT2D eigenvalue weighted by atomic mass is 16.7. The standard InChI is InChI=1S/C20H21NO5/c1-20(2,14-4-6-15-18(10-14)24-8-7-23-15)19(22)21-11-13-3-5-16-17(9-13)26-12-25-16/h3-6,9-10H,7-8,11-12H2,1-2H3,(H,21,22). The van der Waals surface area contributed by atoms with Crippen molar-refractivity contribution in [2.24, 2.45) is 0 Å². The van der Waals surface area contributed by atoms with E-state index in [2.05, 4.69) is 5.32 Å². The highest BCUT2D eigenvalue weighted by Gasteiger charge is 2.31. The second-order valence-corrected chi connectivity index (χ2v) is 6.85. The average Bonchev–Trinajstić information content (AvgIpc) is 3.13. The Kier molecular flexibility index (Phi) is 4.11. The van der Waals surface area contributed by atoms with Crippen molar-refractivity contribution >= 4 is 5.91 Å². The zero-order chi connectivity index (χ0) is 18.1. The summed E-state index contributed by atoms with van der Waals surface area (Å²) in [6, 6.07) is 11.3. The SMILES string of the molecule is CC(C)(C(=O)NCc1ccc2c(c1)OCO2)c1ccc2c(c1)OCCO2. The van der Waals surface area contributed by atoms with Crippen LogP contribution in [-0.4, -0.2) is 25.9 Å². The molecule has 1 amide bonds. The van der Waals surface area contributed by atoms with E-state index in [0.29, 0.717) is 31.3 Å². The molecule has 4 rings (SSSR count). The third-order valence-corrected chi connectivity index (χ3v) is 4.72. The maximum Gasteiger partial charge on any atom is 0.231 e. The first-order valence-corrected chi connectivity index (χ1v) is 8.61. The molecule has 2 aliphatic heterocycles. The van der Waals surface area contributed by atoms with E-state index >= 15 is 0 Å². The number of ether oxygens (including phenoxy) is 4. The van der Waals surface area contributed by atoms with Gasteiger partial charge < -0.3 is 24.3 Å². The van der Waals surface area contributed by atoms with Gasteiger partial charge in [-0.1, -0.05) is 12.1 Å². The van der Waals surface area contributed by atoms with Gasteiger partial charge in [0.1, 0.15) is 13.2 Å². The fourth-order valence-corrected chi connectivity index (χ4v) is 3.02. The van der Waals surface area contributed by atoms with E-state index in [1.807, 2.05) is 50.2 Å². The van der Waals surface area contributed by atoms with Gasteiger partial charge >= 0.3 is 0 Å². The number of carbonyl (C=O) groups excluding carboxylic acids is 1. The zero-order valence-corrected chi connectivity index (χ0v) is 14.8. The number of amides is 1. The van der Waals surface area contributed by atoms with Crippen LogP contribution in [0.3, 0.4) is 0 Å². The molecule has 0 atom stereocenters. The molecule has 0 unspecified atom stereocenters. The number of nitrogens with one attached hydrogen (secondary N) is 1. The molecular formula is C20H21NO5. The summed E-state index contributed by atoms with van der Waals surface area (Å²) in [6.07, 6.45) is 0. The number of hydrogen-bond acceptors (Lipinski definition) is 5. The third-order valence-electron chi connectivity index (χ3n) is 4.72. The van der Waals surface area contributed by atoms with Gasteiger partial charge in [-0.25, -0.2) is 0 Å². The molecule has 6 heteroatoms. The molecular weight excluding hydrogens is 334 g/mol. The van der Waals surface area contributed by atoms with E-state index in [1.165, 1.54) is 0 Å². The van der Waals surface area contributed by atoms with Gasteiger partial charge in [-0.05, 0) is 49.2 Å². The maximum absolute atomic E-state index is 12.8. The first-order valence-electron chi connectivity index (χ1n) is 8.61. The summed E-state index contributed by atoms with van der Waals surface area (Å²) in [5, 5.41) is 3.00. The molecule has 1 N–H and O–H groups in total. The van der Waals surface area contributed by atoms with E-state index < -0.39 is 5.41 Å². The van der Waals surface area contributed by atoms with Crippen LogP contribution < -0.4 is 24.3 Å². The van der Waals surface area contributed by atoms with E-state index in [0.717, 1.165) is 22.6 Å². The van der Waals surface area contributed by atoms with Crippen LogP contribution in [0.15, 0.2) is 36.4 Å². The van der Waals surface area contributed by atoms with Crippen LogP contribution in [0.1, 0.15) is 25.0 Å². The third kappa shape index (κ3) is 3.03. The number of rotatable bonds is 4. The second-order valence-electron chi connectivity index (χ2n) is 6.85. The van der Waals surface area contributed by atoms with E-state index in [9.17, 15) is 4.79 Å². The molecule has 0 saturated heterocycles. The second kappa shape index (κ2) is 6.44. The van der Waals surface area contributed by atoms with Gasteiger partial charge in [0.15, 0.2) is 23.0 Å². The highest BCUT2D eigenvalue weighted by molar-refractivity contribution is 5.87. The summed E-state index contributed by atoms with van der Waals surface area (Å²) in [5.41, 5.74) is 1.14. The molecule has 26 heavy (non-hydrogen) atoms. The molecule has 2 aromatic rings. The molecule has 0 aromatic heterocycles. The first-order chi connectivity index (χ1) is 12.5. The predicted octanol–water partition coefficient (Wildman–Crippen LogP) is 2.78. The van der Waals surface area contributed by atoms with Gasteiger partial charge in [-0.3, -0.25) is 4.79 Å². The minimum absolute atomic E-state index is 0.0631. The first kappa shape index (κ1) is 16.6. The van der Waals surface area contributed by atoms with Gasteiger partial charge in [0.25, 0.3) is 0 Å². The van der Waals surface area contributed by atoms with Crippen LogP contribution in [-0.2, 0) is 16.8 Å². The molecule has 0 saturated carbocycles. The molecule has 0 spiro atoms. The lowest BCUT2D eigenvalue weighted by molar-refractivity contribution is -0.125. The summed E-state index contributed by atoms with van der Waals surface area (Å²) < 4.78 is 21.9. The van der Waals surface area contributed by atoms with Gasteiger partial charge in [0.05, 0.1) is 5.41 Å². The number of hydrogen-bond donors (Lipinski definition) is 1. The molecule has 136 valence electrons. The number of benzene rings is 2. The summed E-state index contributed by atoms with van der Waals surface area (Å²) in [6.45, 7) is 5.52. The Morgan fingerprint density at radius 2 is 1.58 bits per heavy atom. The molecule has 0 radical (unpaired) electrons. The molecule has 0 bridgehead atoms. The summed E-state index contributed by atoms with van der Waals surface area (Å²) in [7, 11) is 0. The van der Waals surface area contributed by atoms with Crippen molar-refractivity contribution in [2.75, 3.05) is 20.0 Å². The van der Waals surface area contributed by atoms with Gasteiger partial charge in [-0.2, -0.15) is 0 Å².